The molecule has 4 aromatic rings. The molecule has 40 heavy (non-hydrogen) atoms. The summed E-state index contributed by atoms with van der Waals surface area (Å²) in [6, 6.07) is 14.8. The molecule has 11 nitrogen and oxygen atoms in total. The van der Waals surface area contributed by atoms with Gasteiger partial charge in [0.25, 0.3) is 0 Å². The monoisotopic (exact) mass is 545 g/mol. The zero-order valence-corrected chi connectivity index (χ0v) is 23.3. The average molecular weight is 546 g/mol. The van der Waals surface area contributed by atoms with Crippen molar-refractivity contribution in [2.75, 3.05) is 50.1 Å². The van der Waals surface area contributed by atoms with E-state index in [-0.39, 0.29) is 5.41 Å². The number of hydrogen-bond acceptors (Lipinski definition) is 8. The largest absolute Gasteiger partial charge is 0.492 e. The minimum absolute atomic E-state index is 0.196. The lowest BCUT2D eigenvalue weighted by Crippen LogP contribution is -2.38. The van der Waals surface area contributed by atoms with Gasteiger partial charge in [-0.2, -0.15) is 0 Å². The van der Waals surface area contributed by atoms with Crippen LogP contribution in [0.15, 0.2) is 59.3 Å². The molecule has 1 fully saturated rings. The predicted octanol–water partition coefficient (Wildman–Crippen LogP) is 4.88. The quantitative estimate of drug-likeness (QED) is 0.321. The average Bonchev–Trinajstić information content (AvgIpc) is 3.61. The number of carbonyl (C=O) groups excluding carboxylic acids is 1. The van der Waals surface area contributed by atoms with Crippen molar-refractivity contribution in [2.45, 2.75) is 33.1 Å². The van der Waals surface area contributed by atoms with Crippen LogP contribution in [0.25, 0.3) is 16.9 Å². The van der Waals surface area contributed by atoms with Gasteiger partial charge in [-0.1, -0.05) is 37.2 Å². The van der Waals surface area contributed by atoms with Gasteiger partial charge in [-0.15, -0.1) is 5.10 Å². The van der Waals surface area contributed by atoms with Crippen LogP contribution in [0.5, 0.6) is 5.75 Å². The van der Waals surface area contributed by atoms with Crippen LogP contribution >= 0.6 is 0 Å². The molecule has 1 aliphatic heterocycles. The van der Waals surface area contributed by atoms with Crippen LogP contribution in [0.2, 0.25) is 0 Å². The van der Waals surface area contributed by atoms with Crippen LogP contribution in [-0.4, -0.2) is 70.5 Å². The molecule has 2 amide bonds. The van der Waals surface area contributed by atoms with Gasteiger partial charge in [0.2, 0.25) is 0 Å². The molecular weight excluding hydrogens is 510 g/mol. The summed E-state index contributed by atoms with van der Waals surface area (Å²) in [5.74, 6) is 1.87. The van der Waals surface area contributed by atoms with E-state index in [1.807, 2.05) is 76.4 Å². The topological polar surface area (TPSA) is 120 Å². The van der Waals surface area contributed by atoms with Crippen LogP contribution in [0, 0.1) is 6.92 Å². The van der Waals surface area contributed by atoms with Crippen molar-refractivity contribution < 1.29 is 18.8 Å². The van der Waals surface area contributed by atoms with Crippen LogP contribution in [0.4, 0.5) is 16.3 Å². The molecule has 11 heteroatoms. The second kappa shape index (κ2) is 11.9. The molecule has 0 atom stereocenters. The van der Waals surface area contributed by atoms with Gasteiger partial charge in [0.15, 0.2) is 5.82 Å². The first-order chi connectivity index (χ1) is 19.2. The summed E-state index contributed by atoms with van der Waals surface area (Å²) in [4.78, 5) is 14.9. The van der Waals surface area contributed by atoms with E-state index in [1.165, 1.54) is 0 Å². The maximum atomic E-state index is 12.5. The van der Waals surface area contributed by atoms with Crippen molar-refractivity contribution in [3.05, 3.63) is 66.1 Å². The van der Waals surface area contributed by atoms with E-state index in [0.717, 1.165) is 61.1 Å². The minimum atomic E-state index is -0.399. The van der Waals surface area contributed by atoms with E-state index in [2.05, 4.69) is 31.0 Å². The van der Waals surface area contributed by atoms with Crippen LogP contribution in [0.1, 0.15) is 32.1 Å². The number of anilines is 2. The normalized spacial score (nSPS) is 14.2. The molecule has 0 bridgehead atoms. The summed E-state index contributed by atoms with van der Waals surface area (Å²) in [5.41, 5.74) is 3.87. The molecular formula is C29H35N7O4. The Balaban J connectivity index is 1.16. The predicted molar refractivity (Wildman–Crippen MR) is 152 cm³/mol. The SMILES string of the molecule is Cc1cc(-c2cn(-c3ccc(OCCN4CCOCC4)cc3)nn2)ccc1NC(=O)Nc1cc(C(C)(C)C)on1. The third kappa shape index (κ3) is 6.85. The van der Waals surface area contributed by atoms with Gasteiger partial charge in [0, 0.05) is 42.4 Å². The number of rotatable bonds is 8. The fourth-order valence-electron chi connectivity index (χ4n) is 4.26. The van der Waals surface area contributed by atoms with Gasteiger partial charge >= 0.3 is 6.03 Å². The lowest BCUT2D eigenvalue weighted by atomic mass is 9.93. The summed E-state index contributed by atoms with van der Waals surface area (Å²) < 4.78 is 18.3. The van der Waals surface area contributed by atoms with Crippen molar-refractivity contribution in [2.24, 2.45) is 0 Å². The highest BCUT2D eigenvalue weighted by molar-refractivity contribution is 5.99. The molecule has 0 aliphatic carbocycles. The molecule has 5 rings (SSSR count). The second-order valence-corrected chi connectivity index (χ2v) is 10.8. The second-order valence-electron chi connectivity index (χ2n) is 10.8. The number of nitrogens with zero attached hydrogens (tertiary/aromatic N) is 5. The van der Waals surface area contributed by atoms with Crippen LogP contribution < -0.4 is 15.4 Å². The third-order valence-corrected chi connectivity index (χ3v) is 6.64. The van der Waals surface area contributed by atoms with Gasteiger partial charge in [-0.3, -0.25) is 10.2 Å². The lowest BCUT2D eigenvalue weighted by molar-refractivity contribution is 0.0322. The maximum Gasteiger partial charge on any atom is 0.324 e. The molecule has 1 saturated heterocycles. The highest BCUT2D eigenvalue weighted by Gasteiger charge is 2.20. The standard InChI is InChI=1S/C29H35N7O4/c1-20-17-21(5-10-24(20)30-28(37)31-27-18-26(40-33-27)29(2,3)4)25-19-36(34-32-25)22-6-8-23(9-7-22)39-16-13-35-11-14-38-15-12-35/h5-10,17-19H,11-16H2,1-4H3,(H2,30,31,33,37). The van der Waals surface area contributed by atoms with Crippen molar-refractivity contribution in [3.8, 4) is 22.7 Å². The number of nitrogens with one attached hydrogen (secondary N) is 2. The zero-order chi connectivity index (χ0) is 28.1. The van der Waals surface area contributed by atoms with E-state index < -0.39 is 6.03 Å². The van der Waals surface area contributed by atoms with E-state index in [9.17, 15) is 4.79 Å². The van der Waals surface area contributed by atoms with Crippen molar-refractivity contribution >= 4 is 17.5 Å². The summed E-state index contributed by atoms with van der Waals surface area (Å²) in [7, 11) is 0. The molecule has 1 aliphatic rings. The number of urea groups is 1. The first-order valence-electron chi connectivity index (χ1n) is 13.4. The molecule has 0 radical (unpaired) electrons. The molecule has 3 heterocycles. The lowest BCUT2D eigenvalue weighted by Gasteiger charge is -2.26. The highest BCUT2D eigenvalue weighted by atomic mass is 16.5. The Kier molecular flexibility index (Phi) is 8.13. The van der Waals surface area contributed by atoms with E-state index in [0.29, 0.717) is 23.9 Å². The Morgan fingerprint density at radius 1 is 1.05 bits per heavy atom. The van der Waals surface area contributed by atoms with E-state index in [1.54, 1.807) is 10.7 Å². The number of benzene rings is 2. The summed E-state index contributed by atoms with van der Waals surface area (Å²) >= 11 is 0. The highest BCUT2D eigenvalue weighted by Crippen LogP contribution is 2.26. The van der Waals surface area contributed by atoms with Gasteiger partial charge in [0.1, 0.15) is 23.8 Å². The number of aromatic nitrogens is 4. The van der Waals surface area contributed by atoms with E-state index in [4.69, 9.17) is 14.0 Å². The third-order valence-electron chi connectivity index (χ3n) is 6.64. The van der Waals surface area contributed by atoms with Crippen LogP contribution in [-0.2, 0) is 10.2 Å². The first-order valence-corrected chi connectivity index (χ1v) is 13.4. The fraction of sp³-hybridized carbons (Fsp3) is 0.379. The minimum Gasteiger partial charge on any atom is -0.492 e. The van der Waals surface area contributed by atoms with Gasteiger partial charge in [-0.05, 0) is 48.9 Å². The fourth-order valence-corrected chi connectivity index (χ4v) is 4.26. The number of ether oxygens (including phenoxy) is 2. The van der Waals surface area contributed by atoms with Gasteiger partial charge in [-0.25, -0.2) is 9.48 Å². The number of amides is 2. The Bertz CT molecular complexity index is 1430. The Morgan fingerprint density at radius 3 is 2.52 bits per heavy atom. The molecule has 210 valence electrons. The first kappa shape index (κ1) is 27.4. The van der Waals surface area contributed by atoms with Crippen molar-refractivity contribution in [1.82, 2.24) is 25.1 Å². The summed E-state index contributed by atoms with van der Waals surface area (Å²) in [5, 5.41) is 18.1. The maximum absolute atomic E-state index is 12.5. The number of morpholine rings is 1. The van der Waals surface area contributed by atoms with Gasteiger partial charge in [0.05, 0.1) is 25.1 Å². The molecule has 0 spiro atoms. The Hall–Kier alpha value is -4.22. The molecule has 2 aromatic heterocycles. The molecule has 0 unspecified atom stereocenters. The molecule has 0 saturated carbocycles. The molecule has 2 aromatic carbocycles. The Labute approximate surface area is 233 Å². The summed E-state index contributed by atoms with van der Waals surface area (Å²) in [6.45, 7) is 13.0. The smallest absolute Gasteiger partial charge is 0.324 e. The van der Waals surface area contributed by atoms with Crippen molar-refractivity contribution in [3.63, 3.8) is 0 Å². The zero-order valence-electron chi connectivity index (χ0n) is 23.3. The Morgan fingerprint density at radius 2 is 1.82 bits per heavy atom. The number of hydrogen-bond donors (Lipinski definition) is 2. The van der Waals surface area contributed by atoms with Gasteiger partial charge < -0.3 is 19.3 Å². The van der Waals surface area contributed by atoms with Crippen molar-refractivity contribution in [1.29, 1.82) is 0 Å². The number of carbonyl (C=O) groups is 1. The number of aryl methyl sites for hydroxylation is 1. The molecule has 2 N–H and O–H groups in total. The van der Waals surface area contributed by atoms with Crippen LogP contribution in [0.3, 0.4) is 0 Å². The summed E-state index contributed by atoms with van der Waals surface area (Å²) in [6.07, 6.45) is 1.88. The van der Waals surface area contributed by atoms with E-state index >= 15 is 0 Å².